The van der Waals surface area contributed by atoms with E-state index in [9.17, 15) is 5.11 Å². The zero-order valence-corrected chi connectivity index (χ0v) is 12.8. The number of aliphatic hydroxyl groups is 1. The maximum absolute atomic E-state index is 10.2. The van der Waals surface area contributed by atoms with Crippen molar-refractivity contribution in [1.82, 2.24) is 9.78 Å². The van der Waals surface area contributed by atoms with Crippen molar-refractivity contribution in [1.29, 1.82) is 0 Å². The van der Waals surface area contributed by atoms with E-state index in [2.05, 4.69) is 41.8 Å². The van der Waals surface area contributed by atoms with Gasteiger partial charge < -0.3 is 5.11 Å². The van der Waals surface area contributed by atoms with Crippen molar-refractivity contribution in [2.75, 3.05) is 0 Å². The minimum absolute atomic E-state index is 0.286. The predicted molar refractivity (Wildman–Crippen MR) is 74.1 cm³/mol. The second-order valence-corrected chi connectivity index (χ2v) is 5.51. The van der Waals surface area contributed by atoms with Gasteiger partial charge in [0.1, 0.15) is 0 Å². The smallest absolute Gasteiger partial charge is 0.0766 e. The standard InChI is InChI=1S/C13H23BrN2O/c1-5-7-9(3)12(17)8-11-13(14)10(6-2)15-16(11)4/h9,12,17H,5-8H2,1-4H3. The lowest BCUT2D eigenvalue weighted by atomic mass is 9.96. The lowest BCUT2D eigenvalue weighted by Crippen LogP contribution is -2.21. The third-order valence-electron chi connectivity index (χ3n) is 3.31. The average Bonchev–Trinajstić information content (AvgIpc) is 2.56. The van der Waals surface area contributed by atoms with Crippen molar-refractivity contribution in [3.8, 4) is 0 Å². The molecule has 0 aliphatic heterocycles. The summed E-state index contributed by atoms with van der Waals surface area (Å²) in [4.78, 5) is 0. The molecule has 1 rings (SSSR count). The van der Waals surface area contributed by atoms with Crippen molar-refractivity contribution in [2.24, 2.45) is 13.0 Å². The topological polar surface area (TPSA) is 38.1 Å². The first kappa shape index (κ1) is 14.7. The van der Waals surface area contributed by atoms with Crippen LogP contribution in [0.2, 0.25) is 0 Å². The summed E-state index contributed by atoms with van der Waals surface area (Å²) in [5.74, 6) is 0.340. The van der Waals surface area contributed by atoms with Gasteiger partial charge in [0.25, 0.3) is 0 Å². The Morgan fingerprint density at radius 3 is 2.53 bits per heavy atom. The van der Waals surface area contributed by atoms with Gasteiger partial charge in [-0.3, -0.25) is 4.68 Å². The Labute approximate surface area is 112 Å². The van der Waals surface area contributed by atoms with Crippen molar-refractivity contribution < 1.29 is 5.11 Å². The van der Waals surface area contributed by atoms with Crippen LogP contribution in [0.4, 0.5) is 0 Å². The summed E-state index contributed by atoms with van der Waals surface area (Å²) >= 11 is 3.58. The maximum Gasteiger partial charge on any atom is 0.0766 e. The molecule has 0 saturated heterocycles. The van der Waals surface area contributed by atoms with E-state index in [0.29, 0.717) is 12.3 Å². The average molecular weight is 303 g/mol. The fourth-order valence-electron chi connectivity index (χ4n) is 2.09. The second-order valence-electron chi connectivity index (χ2n) is 4.72. The molecule has 1 heterocycles. The Morgan fingerprint density at radius 1 is 1.41 bits per heavy atom. The highest BCUT2D eigenvalue weighted by Crippen LogP contribution is 2.24. The normalized spacial score (nSPS) is 14.9. The minimum Gasteiger partial charge on any atom is -0.392 e. The first-order valence-corrected chi connectivity index (χ1v) is 7.18. The fourth-order valence-corrected chi connectivity index (χ4v) is 2.87. The van der Waals surface area contributed by atoms with E-state index < -0.39 is 0 Å². The molecule has 0 aliphatic rings. The number of aryl methyl sites for hydroxylation is 2. The van der Waals surface area contributed by atoms with Crippen LogP contribution in [-0.2, 0) is 19.9 Å². The van der Waals surface area contributed by atoms with Crippen LogP contribution < -0.4 is 0 Å². The molecule has 0 bridgehead atoms. The molecule has 0 spiro atoms. The molecule has 1 aromatic rings. The van der Waals surface area contributed by atoms with E-state index in [-0.39, 0.29) is 6.10 Å². The Bertz CT molecular complexity index is 363. The van der Waals surface area contributed by atoms with Crippen molar-refractivity contribution in [2.45, 2.75) is 52.6 Å². The Hall–Kier alpha value is -0.350. The molecule has 4 heteroatoms. The maximum atomic E-state index is 10.2. The quantitative estimate of drug-likeness (QED) is 0.877. The van der Waals surface area contributed by atoms with Gasteiger partial charge in [0.2, 0.25) is 0 Å². The summed E-state index contributed by atoms with van der Waals surface area (Å²) in [6.45, 7) is 6.35. The number of aliphatic hydroxyl groups excluding tert-OH is 1. The van der Waals surface area contributed by atoms with E-state index in [1.54, 1.807) is 0 Å². The second kappa shape index (κ2) is 6.55. The highest BCUT2D eigenvalue weighted by Gasteiger charge is 2.19. The monoisotopic (exact) mass is 302 g/mol. The van der Waals surface area contributed by atoms with Gasteiger partial charge in [-0.1, -0.05) is 27.2 Å². The lowest BCUT2D eigenvalue weighted by Gasteiger charge is -2.18. The third-order valence-corrected chi connectivity index (χ3v) is 4.22. The van der Waals surface area contributed by atoms with Crippen LogP contribution in [0.5, 0.6) is 0 Å². The van der Waals surface area contributed by atoms with Gasteiger partial charge in [-0.2, -0.15) is 5.10 Å². The van der Waals surface area contributed by atoms with Gasteiger partial charge in [0.05, 0.1) is 22.0 Å². The molecule has 1 N–H and O–H groups in total. The fraction of sp³-hybridized carbons (Fsp3) is 0.769. The first-order chi connectivity index (χ1) is 8.01. The molecule has 0 radical (unpaired) electrons. The van der Waals surface area contributed by atoms with Crippen molar-refractivity contribution >= 4 is 15.9 Å². The van der Waals surface area contributed by atoms with Gasteiger partial charge in [-0.15, -0.1) is 0 Å². The van der Waals surface area contributed by atoms with Crippen LogP contribution in [-0.4, -0.2) is 21.0 Å². The Balaban J connectivity index is 2.77. The molecule has 0 aromatic carbocycles. The third kappa shape index (κ3) is 3.55. The van der Waals surface area contributed by atoms with Crippen molar-refractivity contribution in [3.63, 3.8) is 0 Å². The van der Waals surface area contributed by atoms with Crippen molar-refractivity contribution in [3.05, 3.63) is 15.9 Å². The van der Waals surface area contributed by atoms with Crippen LogP contribution in [0.3, 0.4) is 0 Å². The van der Waals surface area contributed by atoms with E-state index >= 15 is 0 Å². The van der Waals surface area contributed by atoms with E-state index in [4.69, 9.17) is 0 Å². The highest BCUT2D eigenvalue weighted by molar-refractivity contribution is 9.10. The molecule has 0 amide bonds. The summed E-state index contributed by atoms with van der Waals surface area (Å²) in [6, 6.07) is 0. The zero-order chi connectivity index (χ0) is 13.0. The van der Waals surface area contributed by atoms with Crippen LogP contribution >= 0.6 is 15.9 Å². The van der Waals surface area contributed by atoms with Crippen LogP contribution in [0.25, 0.3) is 0 Å². The molecule has 0 aliphatic carbocycles. The zero-order valence-electron chi connectivity index (χ0n) is 11.2. The Morgan fingerprint density at radius 2 is 2.06 bits per heavy atom. The summed E-state index contributed by atoms with van der Waals surface area (Å²) < 4.78 is 2.94. The van der Waals surface area contributed by atoms with Crippen LogP contribution in [0, 0.1) is 5.92 Å². The van der Waals surface area contributed by atoms with Gasteiger partial charge in [0, 0.05) is 13.5 Å². The molecular weight excluding hydrogens is 280 g/mol. The first-order valence-electron chi connectivity index (χ1n) is 6.39. The van der Waals surface area contributed by atoms with E-state index in [1.165, 1.54) is 0 Å². The molecule has 2 atom stereocenters. The largest absolute Gasteiger partial charge is 0.392 e. The molecule has 0 saturated carbocycles. The molecule has 1 aromatic heterocycles. The predicted octanol–water partition coefficient (Wildman–Crippen LogP) is 3.08. The summed E-state index contributed by atoms with van der Waals surface area (Å²) in [5.41, 5.74) is 2.16. The minimum atomic E-state index is -0.286. The van der Waals surface area contributed by atoms with E-state index in [1.807, 2.05) is 11.7 Å². The molecule has 0 fully saturated rings. The molecular formula is C13H23BrN2O. The number of halogens is 1. The van der Waals surface area contributed by atoms with Gasteiger partial charge >= 0.3 is 0 Å². The summed E-state index contributed by atoms with van der Waals surface area (Å²) in [7, 11) is 1.94. The molecule has 98 valence electrons. The molecule has 3 nitrogen and oxygen atoms in total. The van der Waals surface area contributed by atoms with Crippen LogP contribution in [0.1, 0.15) is 45.0 Å². The highest BCUT2D eigenvalue weighted by atomic mass is 79.9. The number of aromatic nitrogens is 2. The lowest BCUT2D eigenvalue weighted by molar-refractivity contribution is 0.109. The van der Waals surface area contributed by atoms with Gasteiger partial charge in [-0.25, -0.2) is 0 Å². The van der Waals surface area contributed by atoms with Gasteiger partial charge in [-0.05, 0) is 34.7 Å². The number of hydrogen-bond acceptors (Lipinski definition) is 2. The van der Waals surface area contributed by atoms with Crippen LogP contribution in [0.15, 0.2) is 4.47 Å². The number of hydrogen-bond donors (Lipinski definition) is 1. The summed E-state index contributed by atoms with van der Waals surface area (Å²) in [5, 5.41) is 14.6. The Kier molecular flexibility index (Phi) is 5.67. The van der Waals surface area contributed by atoms with Gasteiger partial charge in [0.15, 0.2) is 0 Å². The number of nitrogens with zero attached hydrogens (tertiary/aromatic N) is 2. The number of rotatable bonds is 6. The molecule has 2 unspecified atom stereocenters. The SMILES string of the molecule is CCCC(C)C(O)Cc1c(Br)c(CC)nn1C. The van der Waals surface area contributed by atoms with E-state index in [0.717, 1.165) is 35.1 Å². The molecule has 17 heavy (non-hydrogen) atoms. The summed E-state index contributed by atoms with van der Waals surface area (Å²) in [6.07, 6.45) is 3.48.